The van der Waals surface area contributed by atoms with Crippen LogP contribution in [-0.2, 0) is 17.8 Å². The van der Waals surface area contributed by atoms with Crippen molar-refractivity contribution in [1.82, 2.24) is 4.90 Å². The summed E-state index contributed by atoms with van der Waals surface area (Å²) in [5.74, 6) is 1.05. The van der Waals surface area contributed by atoms with Crippen LogP contribution in [0.4, 0.5) is 0 Å². The minimum absolute atomic E-state index is 0.138. The first kappa shape index (κ1) is 26.4. The lowest BCUT2D eigenvalue weighted by Gasteiger charge is -2.39. The van der Waals surface area contributed by atoms with Gasteiger partial charge >= 0.3 is 5.97 Å². The van der Waals surface area contributed by atoms with Gasteiger partial charge in [-0.1, -0.05) is 35.9 Å². The maximum atomic E-state index is 11.6. The van der Waals surface area contributed by atoms with Gasteiger partial charge in [0.2, 0.25) is 0 Å². The van der Waals surface area contributed by atoms with Crippen LogP contribution in [0.25, 0.3) is 0 Å². The number of piperidine rings is 1. The lowest BCUT2D eigenvalue weighted by Crippen LogP contribution is -2.49. The summed E-state index contributed by atoms with van der Waals surface area (Å²) < 4.78 is 23.9. The smallest absolute Gasteiger partial charge is 0.339 e. The predicted octanol–water partition coefficient (Wildman–Crippen LogP) is 5.48. The van der Waals surface area contributed by atoms with E-state index >= 15 is 0 Å². The molecule has 1 atom stereocenters. The highest BCUT2D eigenvalue weighted by atomic mass is 35.5. The summed E-state index contributed by atoms with van der Waals surface area (Å²) in [4.78, 5) is 14.0. The number of benzene rings is 3. The Kier molecular flexibility index (Phi) is 8.07. The average molecular weight is 538 g/mol. The molecule has 1 fully saturated rings. The number of carboxylic acid groups (broad SMARTS) is 1. The maximum absolute atomic E-state index is 11.6. The van der Waals surface area contributed by atoms with Crippen LogP contribution in [0.3, 0.4) is 0 Å². The fourth-order valence-electron chi connectivity index (χ4n) is 5.15. The largest absolute Gasteiger partial charge is 0.497 e. The van der Waals surface area contributed by atoms with E-state index in [2.05, 4.69) is 4.90 Å². The van der Waals surface area contributed by atoms with Crippen LogP contribution >= 0.6 is 11.6 Å². The Morgan fingerprint density at radius 3 is 2.61 bits per heavy atom. The van der Waals surface area contributed by atoms with Crippen molar-refractivity contribution < 1.29 is 28.8 Å². The Bertz CT molecular complexity index is 1260. The van der Waals surface area contributed by atoms with Gasteiger partial charge in [-0.25, -0.2) is 4.79 Å². The highest BCUT2D eigenvalue weighted by molar-refractivity contribution is 6.30. The van der Waals surface area contributed by atoms with Crippen LogP contribution in [-0.4, -0.2) is 61.0 Å². The lowest BCUT2D eigenvalue weighted by molar-refractivity contribution is -0.0343. The standard InChI is InChI=1S/C30H32ClNO6/c1-35-24-9-6-21(7-10-24)19-36-25(20-37-28-5-3-2-4-26(28)29(33)34)18-32-14-12-30(13-15-32)17-22-16-23(31)8-11-27(22)38-30/h2-11,16,25H,12-15,17-20H2,1H3,(H,33,34)/t25-/m1/s1. The second kappa shape index (κ2) is 11.6. The molecule has 1 saturated heterocycles. The molecule has 0 amide bonds. The average Bonchev–Trinajstić information content (AvgIpc) is 3.28. The summed E-state index contributed by atoms with van der Waals surface area (Å²) in [7, 11) is 1.64. The molecule has 0 bridgehead atoms. The first-order valence-corrected chi connectivity index (χ1v) is 13.2. The number of hydrogen-bond donors (Lipinski definition) is 1. The van der Waals surface area contributed by atoms with Crippen LogP contribution in [0.15, 0.2) is 66.7 Å². The minimum atomic E-state index is -1.02. The molecule has 200 valence electrons. The van der Waals surface area contributed by atoms with E-state index in [1.54, 1.807) is 31.4 Å². The third-order valence-corrected chi connectivity index (χ3v) is 7.51. The number of halogens is 1. The molecule has 0 unspecified atom stereocenters. The van der Waals surface area contributed by atoms with Crippen LogP contribution in [0.2, 0.25) is 5.02 Å². The van der Waals surface area contributed by atoms with Gasteiger partial charge in [0.05, 0.1) is 13.7 Å². The van der Waals surface area contributed by atoms with E-state index in [4.69, 9.17) is 30.5 Å². The molecule has 38 heavy (non-hydrogen) atoms. The number of aromatic carboxylic acids is 1. The third kappa shape index (κ3) is 6.23. The summed E-state index contributed by atoms with van der Waals surface area (Å²) in [6, 6.07) is 20.3. The van der Waals surface area contributed by atoms with Gasteiger partial charge in [0, 0.05) is 43.9 Å². The third-order valence-electron chi connectivity index (χ3n) is 7.28. The molecule has 0 aromatic heterocycles. The van der Waals surface area contributed by atoms with Crippen molar-refractivity contribution in [2.75, 3.05) is 33.4 Å². The van der Waals surface area contributed by atoms with Crippen LogP contribution in [0.5, 0.6) is 17.2 Å². The molecular formula is C30H32ClNO6. The van der Waals surface area contributed by atoms with Gasteiger partial charge in [-0.3, -0.25) is 0 Å². The zero-order valence-corrected chi connectivity index (χ0v) is 22.2. The number of rotatable bonds is 10. The van der Waals surface area contributed by atoms with Gasteiger partial charge in [-0.15, -0.1) is 0 Å². The fraction of sp³-hybridized carbons (Fsp3) is 0.367. The Balaban J connectivity index is 1.22. The summed E-state index contributed by atoms with van der Waals surface area (Å²) in [6.07, 6.45) is 2.44. The van der Waals surface area contributed by atoms with Gasteiger partial charge in [0.25, 0.3) is 0 Å². The summed E-state index contributed by atoms with van der Waals surface area (Å²) in [6.45, 7) is 3.06. The zero-order valence-electron chi connectivity index (χ0n) is 21.4. The first-order valence-electron chi connectivity index (χ1n) is 12.8. The van der Waals surface area contributed by atoms with Gasteiger partial charge in [0.15, 0.2) is 0 Å². The fourth-order valence-corrected chi connectivity index (χ4v) is 5.35. The molecule has 0 saturated carbocycles. The van der Waals surface area contributed by atoms with Crippen molar-refractivity contribution in [2.45, 2.75) is 37.6 Å². The quantitative estimate of drug-likeness (QED) is 0.367. The number of carbonyl (C=O) groups is 1. The number of likely N-dealkylation sites (tertiary alicyclic amines) is 1. The molecule has 2 aliphatic rings. The second-order valence-electron chi connectivity index (χ2n) is 9.91. The number of ether oxygens (including phenoxy) is 4. The molecule has 2 aliphatic heterocycles. The first-order chi connectivity index (χ1) is 18.4. The Labute approximate surface area is 227 Å². The molecule has 8 heteroatoms. The number of nitrogens with zero attached hydrogens (tertiary/aromatic N) is 1. The highest BCUT2D eigenvalue weighted by Gasteiger charge is 2.42. The second-order valence-corrected chi connectivity index (χ2v) is 10.3. The normalized spacial score (nSPS) is 17.0. The Hall–Kier alpha value is -3.26. The molecule has 7 nitrogen and oxygen atoms in total. The molecule has 3 aromatic rings. The topological polar surface area (TPSA) is 77.5 Å². The molecule has 0 radical (unpaired) electrons. The van der Waals surface area contributed by atoms with Crippen molar-refractivity contribution in [3.8, 4) is 17.2 Å². The maximum Gasteiger partial charge on any atom is 0.339 e. The van der Waals surface area contributed by atoms with E-state index in [0.717, 1.165) is 54.4 Å². The van der Waals surface area contributed by atoms with Crippen molar-refractivity contribution in [3.63, 3.8) is 0 Å². The highest BCUT2D eigenvalue weighted by Crippen LogP contribution is 2.42. The van der Waals surface area contributed by atoms with E-state index < -0.39 is 5.97 Å². The number of fused-ring (bicyclic) bond motifs is 1. The molecule has 2 heterocycles. The Morgan fingerprint density at radius 2 is 1.87 bits per heavy atom. The van der Waals surface area contributed by atoms with Crippen molar-refractivity contribution in [1.29, 1.82) is 0 Å². The van der Waals surface area contributed by atoms with E-state index in [-0.39, 0.29) is 23.9 Å². The van der Waals surface area contributed by atoms with E-state index in [0.29, 0.717) is 18.9 Å². The number of methoxy groups -OCH3 is 1. The van der Waals surface area contributed by atoms with Gasteiger partial charge in [-0.05, 0) is 53.6 Å². The van der Waals surface area contributed by atoms with Crippen LogP contribution < -0.4 is 14.2 Å². The number of hydrogen-bond acceptors (Lipinski definition) is 6. The molecule has 0 aliphatic carbocycles. The van der Waals surface area contributed by atoms with Crippen molar-refractivity contribution in [2.24, 2.45) is 0 Å². The minimum Gasteiger partial charge on any atom is -0.497 e. The number of para-hydroxylation sites is 1. The SMILES string of the molecule is COc1ccc(CO[C@@H](COc2ccccc2C(=O)O)CN2CCC3(CC2)Cc2cc(Cl)ccc2O3)cc1. The van der Waals surface area contributed by atoms with E-state index in [1.165, 1.54) is 5.56 Å². The molecule has 5 rings (SSSR count). The molecule has 3 aromatic carbocycles. The predicted molar refractivity (Wildman–Crippen MR) is 145 cm³/mol. The van der Waals surface area contributed by atoms with Crippen LogP contribution in [0, 0.1) is 0 Å². The van der Waals surface area contributed by atoms with Gasteiger partial charge in [-0.2, -0.15) is 0 Å². The van der Waals surface area contributed by atoms with E-state index in [9.17, 15) is 9.90 Å². The van der Waals surface area contributed by atoms with Crippen LogP contribution in [0.1, 0.15) is 34.3 Å². The summed E-state index contributed by atoms with van der Waals surface area (Å²) in [5.41, 5.74) is 2.16. The molecule has 1 N–H and O–H groups in total. The molecule has 1 spiro atoms. The Morgan fingerprint density at radius 1 is 1.11 bits per heavy atom. The van der Waals surface area contributed by atoms with E-state index in [1.807, 2.05) is 42.5 Å². The summed E-state index contributed by atoms with van der Waals surface area (Å²) >= 11 is 6.19. The van der Waals surface area contributed by atoms with Crippen molar-refractivity contribution >= 4 is 17.6 Å². The zero-order chi connectivity index (χ0) is 26.5. The number of carboxylic acids is 1. The molecular weight excluding hydrogens is 506 g/mol. The summed E-state index contributed by atoms with van der Waals surface area (Å²) in [5, 5.41) is 10.3. The van der Waals surface area contributed by atoms with Gasteiger partial charge in [0.1, 0.15) is 41.1 Å². The monoisotopic (exact) mass is 537 g/mol. The van der Waals surface area contributed by atoms with Gasteiger partial charge < -0.3 is 29.0 Å². The lowest BCUT2D eigenvalue weighted by atomic mass is 9.87. The van der Waals surface area contributed by atoms with Crippen molar-refractivity contribution in [3.05, 3.63) is 88.4 Å².